The van der Waals surface area contributed by atoms with Gasteiger partial charge in [-0.15, -0.1) is 0 Å². The van der Waals surface area contributed by atoms with Gasteiger partial charge in [-0.1, -0.05) is 11.6 Å². The van der Waals surface area contributed by atoms with Crippen LogP contribution in [0.15, 0.2) is 4.52 Å². The second-order valence-corrected chi connectivity index (χ2v) is 4.67. The van der Waals surface area contributed by atoms with E-state index < -0.39 is 0 Å². The molecule has 0 spiro atoms. The zero-order valence-corrected chi connectivity index (χ0v) is 10.0. The van der Waals surface area contributed by atoms with Crippen molar-refractivity contribution in [2.24, 2.45) is 5.73 Å². The average molecular weight is 224 g/mol. The first-order chi connectivity index (χ1) is 7.66. The number of nitrogens with zero attached hydrogens (tertiary/aromatic N) is 3. The summed E-state index contributed by atoms with van der Waals surface area (Å²) in [5.74, 6) is 1.32. The molecule has 1 fully saturated rings. The van der Waals surface area contributed by atoms with E-state index >= 15 is 0 Å². The highest BCUT2D eigenvalue weighted by Crippen LogP contribution is 2.18. The van der Waals surface area contributed by atoms with Crippen LogP contribution in [-0.4, -0.2) is 34.7 Å². The Hall–Kier alpha value is -0.940. The van der Waals surface area contributed by atoms with Gasteiger partial charge in [0.1, 0.15) is 0 Å². The summed E-state index contributed by atoms with van der Waals surface area (Å²) in [6.07, 6.45) is 4.65. The minimum Gasteiger partial charge on any atom is -0.339 e. The number of nitrogens with two attached hydrogens (primary N) is 1. The van der Waals surface area contributed by atoms with Gasteiger partial charge in [0, 0.05) is 12.5 Å². The SMILES string of the molecule is CC(N)c1noc(CC2CCCCN2C)n1. The molecule has 5 heteroatoms. The summed E-state index contributed by atoms with van der Waals surface area (Å²) >= 11 is 0. The molecule has 0 aliphatic carbocycles. The van der Waals surface area contributed by atoms with E-state index in [0.717, 1.165) is 6.42 Å². The lowest BCUT2D eigenvalue weighted by Gasteiger charge is -2.31. The predicted octanol–water partition coefficient (Wildman–Crippen LogP) is 1.12. The van der Waals surface area contributed by atoms with E-state index in [1.54, 1.807) is 0 Å². The summed E-state index contributed by atoms with van der Waals surface area (Å²) in [6.45, 7) is 3.03. The Bertz CT molecular complexity index is 336. The van der Waals surface area contributed by atoms with Gasteiger partial charge < -0.3 is 15.2 Å². The van der Waals surface area contributed by atoms with Crippen molar-refractivity contribution in [2.75, 3.05) is 13.6 Å². The third-order valence-corrected chi connectivity index (χ3v) is 3.22. The zero-order chi connectivity index (χ0) is 11.5. The predicted molar refractivity (Wildman–Crippen MR) is 60.9 cm³/mol. The lowest BCUT2D eigenvalue weighted by atomic mass is 10.0. The summed E-state index contributed by atoms with van der Waals surface area (Å²) < 4.78 is 5.21. The number of aromatic nitrogens is 2. The molecule has 1 aromatic heterocycles. The van der Waals surface area contributed by atoms with Crippen molar-refractivity contribution >= 4 is 0 Å². The van der Waals surface area contributed by atoms with E-state index in [-0.39, 0.29) is 6.04 Å². The lowest BCUT2D eigenvalue weighted by molar-refractivity contribution is 0.173. The van der Waals surface area contributed by atoms with Crippen molar-refractivity contribution in [2.45, 2.75) is 44.7 Å². The highest BCUT2D eigenvalue weighted by Gasteiger charge is 2.22. The van der Waals surface area contributed by atoms with Crippen LogP contribution in [0.3, 0.4) is 0 Å². The van der Waals surface area contributed by atoms with Crippen LogP contribution in [-0.2, 0) is 6.42 Å². The second-order valence-electron chi connectivity index (χ2n) is 4.67. The Morgan fingerprint density at radius 3 is 3.00 bits per heavy atom. The van der Waals surface area contributed by atoms with E-state index in [1.807, 2.05) is 6.92 Å². The van der Waals surface area contributed by atoms with Crippen LogP contribution in [0.1, 0.15) is 43.9 Å². The molecular formula is C11H20N4O. The van der Waals surface area contributed by atoms with Crippen molar-refractivity contribution in [1.29, 1.82) is 0 Å². The molecule has 0 saturated carbocycles. The van der Waals surface area contributed by atoms with Gasteiger partial charge in [0.15, 0.2) is 5.82 Å². The van der Waals surface area contributed by atoms with Gasteiger partial charge in [-0.2, -0.15) is 4.98 Å². The summed E-state index contributed by atoms with van der Waals surface area (Å²) in [5, 5.41) is 3.88. The third kappa shape index (κ3) is 2.59. The maximum absolute atomic E-state index is 5.69. The van der Waals surface area contributed by atoms with Gasteiger partial charge in [0.25, 0.3) is 0 Å². The van der Waals surface area contributed by atoms with Crippen LogP contribution in [0.4, 0.5) is 0 Å². The molecule has 2 heterocycles. The zero-order valence-electron chi connectivity index (χ0n) is 10.0. The first kappa shape index (κ1) is 11.5. The van der Waals surface area contributed by atoms with E-state index in [1.165, 1.54) is 25.8 Å². The minimum absolute atomic E-state index is 0.151. The number of rotatable bonds is 3. The van der Waals surface area contributed by atoms with Crippen LogP contribution >= 0.6 is 0 Å². The van der Waals surface area contributed by atoms with Crippen molar-refractivity contribution in [3.63, 3.8) is 0 Å². The van der Waals surface area contributed by atoms with Crippen LogP contribution in [0, 0.1) is 0 Å². The molecule has 5 nitrogen and oxygen atoms in total. The summed E-state index contributed by atoms with van der Waals surface area (Å²) in [6, 6.07) is 0.386. The number of hydrogen-bond donors (Lipinski definition) is 1. The number of piperidine rings is 1. The van der Waals surface area contributed by atoms with E-state index in [4.69, 9.17) is 10.3 Å². The Kier molecular flexibility index (Phi) is 3.56. The molecule has 0 amide bonds. The molecule has 2 N–H and O–H groups in total. The molecule has 2 atom stereocenters. The minimum atomic E-state index is -0.151. The van der Waals surface area contributed by atoms with E-state index in [0.29, 0.717) is 17.8 Å². The van der Waals surface area contributed by atoms with Crippen molar-refractivity contribution in [3.05, 3.63) is 11.7 Å². The van der Waals surface area contributed by atoms with Gasteiger partial charge >= 0.3 is 0 Å². The highest BCUT2D eigenvalue weighted by atomic mass is 16.5. The Balaban J connectivity index is 1.97. The molecule has 1 aromatic rings. The number of hydrogen-bond acceptors (Lipinski definition) is 5. The molecule has 2 rings (SSSR count). The van der Waals surface area contributed by atoms with Gasteiger partial charge in [-0.3, -0.25) is 0 Å². The van der Waals surface area contributed by atoms with Gasteiger partial charge in [0.2, 0.25) is 5.89 Å². The van der Waals surface area contributed by atoms with E-state index in [9.17, 15) is 0 Å². The quantitative estimate of drug-likeness (QED) is 0.833. The third-order valence-electron chi connectivity index (χ3n) is 3.22. The van der Waals surface area contributed by atoms with Crippen LogP contribution in [0.25, 0.3) is 0 Å². The molecule has 0 aromatic carbocycles. The maximum Gasteiger partial charge on any atom is 0.228 e. The highest BCUT2D eigenvalue weighted by molar-refractivity contribution is 4.93. The molecule has 1 saturated heterocycles. The van der Waals surface area contributed by atoms with Gasteiger partial charge in [0.05, 0.1) is 6.04 Å². The molecule has 16 heavy (non-hydrogen) atoms. The molecule has 0 radical (unpaired) electrons. The first-order valence-corrected chi connectivity index (χ1v) is 5.95. The molecule has 0 bridgehead atoms. The molecule has 2 unspecified atom stereocenters. The first-order valence-electron chi connectivity index (χ1n) is 5.95. The molecular weight excluding hydrogens is 204 g/mol. The Morgan fingerprint density at radius 1 is 1.56 bits per heavy atom. The van der Waals surface area contributed by atoms with Crippen molar-refractivity contribution in [3.8, 4) is 0 Å². The normalized spacial score (nSPS) is 24.6. The largest absolute Gasteiger partial charge is 0.339 e. The van der Waals surface area contributed by atoms with Crippen LogP contribution in [0.2, 0.25) is 0 Å². The maximum atomic E-state index is 5.69. The van der Waals surface area contributed by atoms with Gasteiger partial charge in [-0.05, 0) is 33.4 Å². The number of likely N-dealkylation sites (tertiary alicyclic amines) is 1. The Morgan fingerprint density at radius 2 is 2.38 bits per heavy atom. The van der Waals surface area contributed by atoms with Gasteiger partial charge in [-0.25, -0.2) is 0 Å². The summed E-state index contributed by atoms with van der Waals surface area (Å²) in [7, 11) is 2.16. The fourth-order valence-corrected chi connectivity index (χ4v) is 2.14. The molecule has 90 valence electrons. The number of likely N-dealkylation sites (N-methyl/N-ethyl adjacent to an activating group) is 1. The second kappa shape index (κ2) is 4.93. The fourth-order valence-electron chi connectivity index (χ4n) is 2.14. The average Bonchev–Trinajstić information content (AvgIpc) is 2.70. The molecule has 1 aliphatic rings. The van der Waals surface area contributed by atoms with E-state index in [2.05, 4.69) is 22.1 Å². The standard InChI is InChI=1S/C11H20N4O/c1-8(12)11-13-10(16-14-11)7-9-5-3-4-6-15(9)2/h8-9H,3-7,12H2,1-2H3. The monoisotopic (exact) mass is 224 g/mol. The van der Waals surface area contributed by atoms with Crippen molar-refractivity contribution in [1.82, 2.24) is 15.0 Å². The topological polar surface area (TPSA) is 68.2 Å². The van der Waals surface area contributed by atoms with Crippen molar-refractivity contribution < 1.29 is 4.52 Å². The van der Waals surface area contributed by atoms with Crippen LogP contribution < -0.4 is 5.73 Å². The Labute approximate surface area is 96.0 Å². The fraction of sp³-hybridized carbons (Fsp3) is 0.818. The molecule has 1 aliphatic heterocycles. The summed E-state index contributed by atoms with van der Waals surface area (Å²) in [4.78, 5) is 6.68. The summed E-state index contributed by atoms with van der Waals surface area (Å²) in [5.41, 5.74) is 5.69. The smallest absolute Gasteiger partial charge is 0.228 e. The van der Waals surface area contributed by atoms with Crippen LogP contribution in [0.5, 0.6) is 0 Å². The lowest BCUT2D eigenvalue weighted by Crippen LogP contribution is -2.37.